The second-order valence-electron chi connectivity index (χ2n) is 13.8. The van der Waals surface area contributed by atoms with Crippen molar-refractivity contribution in [1.29, 1.82) is 0 Å². The van der Waals surface area contributed by atoms with Gasteiger partial charge in [0.2, 0.25) is 0 Å². The molecule has 3 aliphatic rings. The standard InChI is InChI=1S/C36H43FN8O3/c1-24(2)45(26-18-36(3,19-26)44-16-12-38-23-44)35(46)28-17-25(37)5-6-31(28)48-33-20-39-22-41-34(33)43-14-8-27(9-15-43)47-32-7-11-40-30-10-13-42(4)21-29(30)32/h5-7,11-12,16-17,20,22-24,26-27H,8-10,13-15,18-19,21H2,1-4H3. The summed E-state index contributed by atoms with van der Waals surface area (Å²) in [5, 5.41) is 0. The van der Waals surface area contributed by atoms with Crippen LogP contribution < -0.4 is 14.4 Å². The number of ether oxygens (including phenoxy) is 2. The summed E-state index contributed by atoms with van der Waals surface area (Å²) in [4.78, 5) is 38.0. The summed E-state index contributed by atoms with van der Waals surface area (Å²) >= 11 is 0. The molecule has 0 bridgehead atoms. The van der Waals surface area contributed by atoms with Crippen LogP contribution in [0.5, 0.6) is 17.2 Å². The predicted molar refractivity (Wildman–Crippen MR) is 179 cm³/mol. The zero-order valence-corrected chi connectivity index (χ0v) is 28.0. The smallest absolute Gasteiger partial charge is 0.258 e. The first kappa shape index (κ1) is 32.0. The summed E-state index contributed by atoms with van der Waals surface area (Å²) in [5.74, 6) is 1.47. The van der Waals surface area contributed by atoms with Crippen molar-refractivity contribution in [2.75, 3.05) is 31.6 Å². The molecule has 5 heterocycles. The van der Waals surface area contributed by atoms with Gasteiger partial charge in [-0.3, -0.25) is 9.78 Å². The van der Waals surface area contributed by atoms with Crippen molar-refractivity contribution in [3.8, 4) is 17.2 Å². The largest absolute Gasteiger partial charge is 0.490 e. The minimum atomic E-state index is -0.500. The van der Waals surface area contributed by atoms with Gasteiger partial charge in [-0.05, 0) is 64.9 Å². The average molecular weight is 655 g/mol. The van der Waals surface area contributed by atoms with Crippen LogP contribution in [0.15, 0.2) is 61.7 Å². The highest BCUT2D eigenvalue weighted by molar-refractivity contribution is 5.97. The number of amides is 1. The number of hydrogen-bond donors (Lipinski definition) is 0. The maximum absolute atomic E-state index is 14.7. The molecule has 2 fully saturated rings. The Morgan fingerprint density at radius 3 is 2.60 bits per heavy atom. The molecule has 7 rings (SSSR count). The van der Waals surface area contributed by atoms with E-state index in [-0.39, 0.29) is 40.9 Å². The van der Waals surface area contributed by atoms with Crippen LogP contribution in [-0.2, 0) is 18.5 Å². The molecule has 3 aromatic heterocycles. The van der Waals surface area contributed by atoms with E-state index in [1.165, 1.54) is 30.1 Å². The van der Waals surface area contributed by atoms with E-state index in [4.69, 9.17) is 9.47 Å². The number of anilines is 1. The van der Waals surface area contributed by atoms with Crippen molar-refractivity contribution in [2.24, 2.45) is 0 Å². The van der Waals surface area contributed by atoms with E-state index in [1.807, 2.05) is 43.5 Å². The number of rotatable bonds is 9. The third-order valence-corrected chi connectivity index (χ3v) is 10.0. The number of imidazole rings is 1. The minimum absolute atomic E-state index is 0.00119. The van der Waals surface area contributed by atoms with E-state index in [1.54, 1.807) is 12.4 Å². The Kier molecular flexibility index (Phi) is 8.76. The van der Waals surface area contributed by atoms with Crippen molar-refractivity contribution >= 4 is 11.7 Å². The van der Waals surface area contributed by atoms with Gasteiger partial charge in [-0.25, -0.2) is 19.3 Å². The number of aromatic nitrogens is 5. The molecule has 0 N–H and O–H groups in total. The van der Waals surface area contributed by atoms with Gasteiger partial charge < -0.3 is 28.7 Å². The van der Waals surface area contributed by atoms with E-state index >= 15 is 0 Å². The summed E-state index contributed by atoms with van der Waals surface area (Å²) in [6, 6.07) is 5.98. The summed E-state index contributed by atoms with van der Waals surface area (Å²) in [5.41, 5.74) is 2.36. The molecular weight excluding hydrogens is 611 g/mol. The van der Waals surface area contributed by atoms with Gasteiger partial charge in [0.15, 0.2) is 11.6 Å². The Bertz CT molecular complexity index is 1750. The van der Waals surface area contributed by atoms with Crippen LogP contribution in [0.4, 0.5) is 10.2 Å². The van der Waals surface area contributed by atoms with Crippen molar-refractivity contribution in [3.63, 3.8) is 0 Å². The predicted octanol–water partition coefficient (Wildman–Crippen LogP) is 5.46. The van der Waals surface area contributed by atoms with Crippen LogP contribution in [-0.4, -0.2) is 85.1 Å². The first-order chi connectivity index (χ1) is 23.2. The van der Waals surface area contributed by atoms with Gasteiger partial charge in [0.05, 0.1) is 18.1 Å². The third-order valence-electron chi connectivity index (χ3n) is 10.0. The molecule has 1 aliphatic carbocycles. The van der Waals surface area contributed by atoms with Crippen LogP contribution in [0.2, 0.25) is 0 Å². The molecule has 0 atom stereocenters. The summed E-state index contributed by atoms with van der Waals surface area (Å²) in [6.07, 6.45) is 14.6. The molecule has 0 spiro atoms. The first-order valence-electron chi connectivity index (χ1n) is 16.8. The second-order valence-corrected chi connectivity index (χ2v) is 13.8. The molecule has 12 heteroatoms. The molecule has 1 aromatic carbocycles. The van der Waals surface area contributed by atoms with E-state index in [9.17, 15) is 9.18 Å². The molecule has 252 valence electrons. The Morgan fingerprint density at radius 2 is 1.85 bits per heavy atom. The average Bonchev–Trinajstić information content (AvgIpc) is 3.62. The quantitative estimate of drug-likeness (QED) is 0.233. The van der Waals surface area contributed by atoms with Gasteiger partial charge in [0.1, 0.15) is 29.7 Å². The Balaban J connectivity index is 1.06. The van der Waals surface area contributed by atoms with Crippen LogP contribution in [0, 0.1) is 5.82 Å². The topological polar surface area (TPSA) is 102 Å². The summed E-state index contributed by atoms with van der Waals surface area (Å²) < 4.78 is 29.7. The number of hydrogen-bond acceptors (Lipinski definition) is 9. The number of carbonyl (C=O) groups excluding carboxylic acids is 1. The fourth-order valence-electron chi connectivity index (χ4n) is 7.42. The van der Waals surface area contributed by atoms with Gasteiger partial charge in [0.25, 0.3) is 5.91 Å². The van der Waals surface area contributed by atoms with Gasteiger partial charge >= 0.3 is 0 Å². The van der Waals surface area contributed by atoms with Gasteiger partial charge in [-0.15, -0.1) is 0 Å². The third kappa shape index (κ3) is 6.33. The Hall–Kier alpha value is -4.58. The summed E-state index contributed by atoms with van der Waals surface area (Å²) in [6.45, 7) is 9.40. The molecule has 48 heavy (non-hydrogen) atoms. The van der Waals surface area contributed by atoms with Gasteiger partial charge in [0, 0.05) is 92.9 Å². The molecule has 0 radical (unpaired) electrons. The van der Waals surface area contributed by atoms with E-state index < -0.39 is 5.82 Å². The molecule has 2 aliphatic heterocycles. The van der Waals surface area contributed by atoms with Gasteiger partial charge in [-0.1, -0.05) is 0 Å². The van der Waals surface area contributed by atoms with Crippen molar-refractivity contribution in [3.05, 3.63) is 84.3 Å². The maximum Gasteiger partial charge on any atom is 0.258 e. The highest BCUT2D eigenvalue weighted by Gasteiger charge is 2.47. The number of halogens is 1. The normalized spacial score (nSPS) is 21.5. The molecule has 1 saturated heterocycles. The zero-order chi connectivity index (χ0) is 33.4. The van der Waals surface area contributed by atoms with E-state index in [2.05, 4.69) is 48.3 Å². The monoisotopic (exact) mass is 654 g/mol. The van der Waals surface area contributed by atoms with E-state index in [0.29, 0.717) is 24.7 Å². The van der Waals surface area contributed by atoms with Gasteiger partial charge in [-0.2, -0.15) is 0 Å². The Morgan fingerprint density at radius 1 is 1.04 bits per heavy atom. The Labute approximate surface area is 280 Å². The SMILES string of the molecule is CC(C)N(C(=O)c1cc(F)ccc1Oc1cncnc1N1CCC(Oc2ccnc3c2CN(C)CC3)CC1)C1CC(C)(n2ccnc2)C1. The molecule has 11 nitrogen and oxygen atoms in total. The van der Waals surface area contributed by atoms with Crippen molar-refractivity contribution < 1.29 is 18.7 Å². The number of likely N-dealkylation sites (N-methyl/N-ethyl adjacent to an activating group) is 1. The lowest BCUT2D eigenvalue weighted by atomic mass is 9.72. The maximum atomic E-state index is 14.7. The molecule has 1 saturated carbocycles. The number of benzene rings is 1. The van der Waals surface area contributed by atoms with Crippen molar-refractivity contribution in [2.45, 2.75) is 83.1 Å². The lowest BCUT2D eigenvalue weighted by molar-refractivity contribution is 0.00764. The number of piperidine rings is 1. The highest BCUT2D eigenvalue weighted by atomic mass is 19.1. The lowest BCUT2D eigenvalue weighted by Gasteiger charge is -2.51. The second kappa shape index (κ2) is 13.1. The highest BCUT2D eigenvalue weighted by Crippen LogP contribution is 2.43. The number of pyridine rings is 1. The molecular formula is C36H43FN8O3. The van der Waals surface area contributed by atoms with Crippen molar-refractivity contribution in [1.82, 2.24) is 34.3 Å². The van der Waals surface area contributed by atoms with Crippen LogP contribution in [0.25, 0.3) is 0 Å². The van der Waals surface area contributed by atoms with E-state index in [0.717, 1.165) is 56.6 Å². The molecule has 0 unspecified atom stereocenters. The first-order valence-corrected chi connectivity index (χ1v) is 16.8. The summed E-state index contributed by atoms with van der Waals surface area (Å²) in [7, 11) is 2.12. The number of carbonyl (C=O) groups is 1. The molecule has 4 aromatic rings. The molecule has 1 amide bonds. The zero-order valence-electron chi connectivity index (χ0n) is 28.0. The fourth-order valence-corrected chi connectivity index (χ4v) is 7.42. The minimum Gasteiger partial charge on any atom is -0.490 e. The number of fused-ring (bicyclic) bond motifs is 1. The fraction of sp³-hybridized carbons (Fsp3) is 0.472. The lowest BCUT2D eigenvalue weighted by Crippen LogP contribution is -2.58. The van der Waals surface area contributed by atoms with Crippen LogP contribution in [0.1, 0.15) is 68.1 Å². The number of nitrogens with zero attached hydrogens (tertiary/aromatic N) is 8. The van der Waals surface area contributed by atoms with Crippen LogP contribution in [0.3, 0.4) is 0 Å². The van der Waals surface area contributed by atoms with Crippen LogP contribution >= 0.6 is 0 Å².